The lowest BCUT2D eigenvalue weighted by molar-refractivity contribution is 0.237. The first kappa shape index (κ1) is 10.5. The molecule has 1 nitrogen and oxygen atoms in total. The lowest BCUT2D eigenvalue weighted by Crippen LogP contribution is -1.95. The first-order valence-electron chi connectivity index (χ1n) is 3.32. The molecule has 0 spiro atoms. The van der Waals surface area contributed by atoms with Crippen LogP contribution in [0.5, 0.6) is 0 Å². The molecule has 0 unspecified atom stereocenters. The van der Waals surface area contributed by atoms with Gasteiger partial charge in [0.25, 0.3) is 0 Å². The van der Waals surface area contributed by atoms with Crippen molar-refractivity contribution in [1.29, 1.82) is 0 Å². The van der Waals surface area contributed by atoms with Gasteiger partial charge >= 0.3 is 0 Å². The fourth-order valence-electron chi connectivity index (χ4n) is 0.442. The Morgan fingerprint density at radius 1 is 1.27 bits per heavy atom. The van der Waals surface area contributed by atoms with Crippen molar-refractivity contribution in [2.75, 3.05) is 12.4 Å². The minimum Gasteiger partial charge on any atom is -0.352 e. The summed E-state index contributed by atoms with van der Waals surface area (Å²) in [6.45, 7) is 11.3. The lowest BCUT2D eigenvalue weighted by Gasteiger charge is -2.07. The third-order valence-corrected chi connectivity index (χ3v) is 1.82. The summed E-state index contributed by atoms with van der Waals surface area (Å²) in [5.74, 6) is 0.846. The summed E-state index contributed by atoms with van der Waals surface area (Å²) in [5, 5.41) is 0. The molecule has 0 bridgehead atoms. The van der Waals surface area contributed by atoms with Crippen molar-refractivity contribution in [2.45, 2.75) is 0 Å². The van der Waals surface area contributed by atoms with Crippen LogP contribution in [0.4, 0.5) is 0 Å². The van der Waals surface area contributed by atoms with Crippen LogP contribution in [0.1, 0.15) is 0 Å². The van der Waals surface area contributed by atoms with Gasteiger partial charge in [-0.05, 0) is 6.08 Å². The highest BCUT2D eigenvalue weighted by molar-refractivity contribution is 8.02. The van der Waals surface area contributed by atoms with Crippen molar-refractivity contribution in [1.82, 2.24) is 0 Å². The predicted molar refractivity (Wildman–Crippen MR) is 52.2 cm³/mol. The van der Waals surface area contributed by atoms with E-state index < -0.39 is 0 Å². The van der Waals surface area contributed by atoms with Crippen LogP contribution in [0.25, 0.3) is 0 Å². The molecule has 0 amide bonds. The van der Waals surface area contributed by atoms with Gasteiger partial charge in [-0.25, -0.2) is 0 Å². The molecule has 1 radical (unpaired) electrons. The van der Waals surface area contributed by atoms with Gasteiger partial charge < -0.3 is 4.74 Å². The summed E-state index contributed by atoms with van der Waals surface area (Å²) >= 11 is 1.57. The van der Waals surface area contributed by atoms with E-state index in [2.05, 4.69) is 19.7 Å². The number of ether oxygens (including phenoxy) is 1. The molecule has 0 aromatic carbocycles. The normalized spacial score (nSPS) is 9.55. The summed E-state index contributed by atoms with van der Waals surface area (Å²) in [7, 11) is 0. The highest BCUT2D eigenvalue weighted by Crippen LogP contribution is 2.21. The molecule has 0 saturated heterocycles. The van der Waals surface area contributed by atoms with Crippen molar-refractivity contribution in [3.05, 3.63) is 43.4 Å². The fourth-order valence-corrected chi connectivity index (χ4v) is 0.993. The summed E-state index contributed by atoms with van der Waals surface area (Å²) in [5.41, 5.74) is 0.824. The van der Waals surface area contributed by atoms with Crippen LogP contribution in [0, 0.1) is 5.44 Å². The Hall–Kier alpha value is -0.470. The van der Waals surface area contributed by atoms with Crippen LogP contribution in [0.15, 0.2) is 38.0 Å². The Labute approximate surface area is 72.8 Å². The van der Waals surface area contributed by atoms with E-state index in [0.29, 0.717) is 6.61 Å². The molecule has 2 heteroatoms. The van der Waals surface area contributed by atoms with Crippen molar-refractivity contribution in [2.24, 2.45) is 0 Å². The Kier molecular flexibility index (Phi) is 7.31. The van der Waals surface area contributed by atoms with Crippen LogP contribution in [-0.4, -0.2) is 12.4 Å². The minimum absolute atomic E-state index is 0.533. The van der Waals surface area contributed by atoms with E-state index in [1.54, 1.807) is 23.9 Å². The summed E-state index contributed by atoms with van der Waals surface area (Å²) in [6.07, 6.45) is 5.22. The SMILES string of the molecule is C=CCO[C](C=C)SCC=C. The average Bonchev–Trinajstić information content (AvgIpc) is 2.05. The smallest absolute Gasteiger partial charge is 0.174 e. The number of hydrogen-bond acceptors (Lipinski definition) is 2. The van der Waals surface area contributed by atoms with E-state index in [1.165, 1.54) is 0 Å². The number of hydrogen-bond donors (Lipinski definition) is 0. The molecule has 0 heterocycles. The maximum absolute atomic E-state index is 5.24. The summed E-state index contributed by atoms with van der Waals surface area (Å²) in [4.78, 5) is 0. The van der Waals surface area contributed by atoms with Gasteiger partial charge in [0.1, 0.15) is 0 Å². The highest BCUT2D eigenvalue weighted by Gasteiger charge is 2.02. The van der Waals surface area contributed by atoms with Gasteiger partial charge in [-0.2, -0.15) is 0 Å². The van der Waals surface area contributed by atoms with E-state index >= 15 is 0 Å². The second-order valence-electron chi connectivity index (χ2n) is 1.72. The maximum Gasteiger partial charge on any atom is 0.174 e. The van der Waals surface area contributed by atoms with Gasteiger partial charge in [-0.15, -0.1) is 24.9 Å². The Morgan fingerprint density at radius 2 is 2.00 bits per heavy atom. The molecule has 0 N–H and O–H groups in total. The first-order chi connectivity index (χ1) is 5.35. The van der Waals surface area contributed by atoms with Crippen molar-refractivity contribution in [3.63, 3.8) is 0 Å². The molecule has 0 aliphatic rings. The van der Waals surface area contributed by atoms with E-state index in [-0.39, 0.29) is 0 Å². The van der Waals surface area contributed by atoms with Crippen LogP contribution in [0.2, 0.25) is 0 Å². The van der Waals surface area contributed by atoms with Gasteiger partial charge in [0, 0.05) is 5.75 Å². The van der Waals surface area contributed by atoms with Gasteiger partial charge in [0.05, 0.1) is 6.61 Å². The first-order valence-corrected chi connectivity index (χ1v) is 4.30. The molecule has 11 heavy (non-hydrogen) atoms. The topological polar surface area (TPSA) is 9.23 Å². The lowest BCUT2D eigenvalue weighted by atomic mass is 10.6. The van der Waals surface area contributed by atoms with E-state index in [0.717, 1.165) is 11.2 Å². The van der Waals surface area contributed by atoms with E-state index in [4.69, 9.17) is 4.74 Å². The van der Waals surface area contributed by atoms with Crippen molar-refractivity contribution < 1.29 is 4.74 Å². The Bertz CT molecular complexity index is 120. The van der Waals surface area contributed by atoms with Crippen LogP contribution < -0.4 is 0 Å². The molecule has 0 rings (SSSR count). The Morgan fingerprint density at radius 3 is 2.45 bits per heavy atom. The number of rotatable bonds is 7. The molecule has 0 aliphatic heterocycles. The third kappa shape index (κ3) is 5.95. The quantitative estimate of drug-likeness (QED) is 0.542. The molecule has 0 aliphatic carbocycles. The number of thioether (sulfide) groups is 1. The van der Waals surface area contributed by atoms with Gasteiger partial charge in [-0.3, -0.25) is 0 Å². The van der Waals surface area contributed by atoms with Gasteiger partial charge in [0.15, 0.2) is 5.44 Å². The zero-order chi connectivity index (χ0) is 8.53. The molecule has 0 aromatic heterocycles. The van der Waals surface area contributed by atoms with E-state index in [9.17, 15) is 0 Å². The molecule has 0 atom stereocenters. The van der Waals surface area contributed by atoms with Crippen LogP contribution in [-0.2, 0) is 4.74 Å². The molecule has 0 aromatic rings. The molecule has 0 saturated carbocycles. The maximum atomic E-state index is 5.24. The largest absolute Gasteiger partial charge is 0.352 e. The monoisotopic (exact) mass is 169 g/mol. The van der Waals surface area contributed by atoms with Crippen molar-refractivity contribution in [3.8, 4) is 0 Å². The predicted octanol–water partition coefficient (Wildman–Crippen LogP) is 2.78. The summed E-state index contributed by atoms with van der Waals surface area (Å²) in [6, 6.07) is 0. The van der Waals surface area contributed by atoms with Crippen LogP contribution >= 0.6 is 11.8 Å². The molecular weight excluding hydrogens is 156 g/mol. The zero-order valence-corrected chi connectivity index (χ0v) is 7.40. The standard InChI is InChI=1S/C9H13OS/c1-4-7-10-9(6-3)11-8-5-2/h4-6H,1-3,7-8H2. The minimum atomic E-state index is 0.533. The second kappa shape index (κ2) is 7.63. The molecular formula is C9H13OS. The second-order valence-corrected chi connectivity index (χ2v) is 2.75. The average molecular weight is 169 g/mol. The molecule has 0 fully saturated rings. The van der Waals surface area contributed by atoms with Gasteiger partial charge in [0.2, 0.25) is 0 Å². The highest BCUT2D eigenvalue weighted by atomic mass is 32.2. The zero-order valence-electron chi connectivity index (χ0n) is 6.58. The fraction of sp³-hybridized carbons (Fsp3) is 0.222. The summed E-state index contributed by atoms with van der Waals surface area (Å²) < 4.78 is 5.24. The third-order valence-electron chi connectivity index (χ3n) is 0.854. The Balaban J connectivity index is 3.47. The van der Waals surface area contributed by atoms with Crippen LogP contribution in [0.3, 0.4) is 0 Å². The van der Waals surface area contributed by atoms with Crippen molar-refractivity contribution >= 4 is 11.8 Å². The molecule has 61 valence electrons. The van der Waals surface area contributed by atoms with E-state index in [1.807, 2.05) is 6.08 Å². The van der Waals surface area contributed by atoms with Gasteiger partial charge in [-0.1, -0.05) is 18.7 Å².